The van der Waals surface area contributed by atoms with Crippen LogP contribution in [-0.4, -0.2) is 83.0 Å². The number of nitrogens with two attached hydrogens (primary N) is 2. The van der Waals surface area contributed by atoms with Gasteiger partial charge in [0.1, 0.15) is 0 Å². The van der Waals surface area contributed by atoms with Crippen LogP contribution in [0.1, 0.15) is 85.2 Å². The highest BCUT2D eigenvalue weighted by Crippen LogP contribution is 2.26. The SMILES string of the molecule is CC(=O)c1cccc(C(=O)CC(C)C[C@H](N)C(=O)N2CCN(C(=O)C(N)C(C(=O)c3ccc(C(=O)c4ccccc4)cc3)c3ccccc3)CC2)c1. The predicted molar refractivity (Wildman–Crippen MR) is 198 cm³/mol. The Labute approximate surface area is 303 Å². The average Bonchev–Trinajstić information content (AvgIpc) is 3.17. The summed E-state index contributed by atoms with van der Waals surface area (Å²) < 4.78 is 0. The highest BCUT2D eigenvalue weighted by Gasteiger charge is 2.37. The summed E-state index contributed by atoms with van der Waals surface area (Å²) in [4.78, 5) is 81.7. The number of hydrogen-bond acceptors (Lipinski definition) is 8. The van der Waals surface area contributed by atoms with E-state index in [1.54, 1.807) is 107 Å². The molecule has 0 bridgehead atoms. The lowest BCUT2D eigenvalue weighted by atomic mass is 9.84. The van der Waals surface area contributed by atoms with Crippen molar-refractivity contribution in [2.45, 2.75) is 44.7 Å². The molecule has 1 saturated heterocycles. The van der Waals surface area contributed by atoms with E-state index in [0.29, 0.717) is 39.8 Å². The second-order valence-electron chi connectivity index (χ2n) is 13.4. The fourth-order valence-electron chi connectivity index (χ4n) is 6.60. The van der Waals surface area contributed by atoms with Crippen molar-refractivity contribution >= 4 is 34.9 Å². The van der Waals surface area contributed by atoms with Crippen LogP contribution in [0, 0.1) is 5.92 Å². The fourth-order valence-corrected chi connectivity index (χ4v) is 6.60. The number of Topliss-reactive ketones (excluding diaryl/α,β-unsaturated/α-hetero) is 3. The summed E-state index contributed by atoms with van der Waals surface area (Å²) in [7, 11) is 0. The number of piperazine rings is 1. The van der Waals surface area contributed by atoms with Crippen molar-refractivity contribution in [1.82, 2.24) is 9.80 Å². The highest BCUT2D eigenvalue weighted by molar-refractivity contribution is 6.10. The zero-order valence-corrected chi connectivity index (χ0v) is 29.4. The quantitative estimate of drug-likeness (QED) is 0.179. The first-order valence-corrected chi connectivity index (χ1v) is 17.5. The molecular formula is C42H44N4O6. The third-order valence-corrected chi connectivity index (χ3v) is 9.55. The average molecular weight is 701 g/mol. The van der Waals surface area contributed by atoms with Crippen LogP contribution in [0.15, 0.2) is 109 Å². The highest BCUT2D eigenvalue weighted by atomic mass is 16.2. The predicted octanol–water partition coefficient (Wildman–Crippen LogP) is 4.71. The molecule has 1 fully saturated rings. The lowest BCUT2D eigenvalue weighted by Crippen LogP contribution is -2.58. The maximum Gasteiger partial charge on any atom is 0.240 e. The molecule has 0 aliphatic carbocycles. The Balaban J connectivity index is 1.19. The first kappa shape index (κ1) is 37.7. The Morgan fingerprint density at radius 2 is 1.12 bits per heavy atom. The van der Waals surface area contributed by atoms with Gasteiger partial charge in [0, 0.05) is 60.4 Å². The minimum atomic E-state index is -1.19. The molecular weight excluding hydrogens is 656 g/mol. The molecule has 268 valence electrons. The summed E-state index contributed by atoms with van der Waals surface area (Å²) in [5.41, 5.74) is 15.7. The molecule has 0 aromatic heterocycles. The molecule has 2 amide bonds. The first-order chi connectivity index (χ1) is 24.9. The zero-order chi connectivity index (χ0) is 37.4. The van der Waals surface area contributed by atoms with Crippen LogP contribution in [0.3, 0.4) is 0 Å². The van der Waals surface area contributed by atoms with E-state index in [2.05, 4.69) is 0 Å². The minimum absolute atomic E-state index is 0.121. The van der Waals surface area contributed by atoms with Gasteiger partial charge in [-0.15, -0.1) is 0 Å². The van der Waals surface area contributed by atoms with Gasteiger partial charge in [0.25, 0.3) is 0 Å². The van der Waals surface area contributed by atoms with E-state index in [-0.39, 0.29) is 67.6 Å². The van der Waals surface area contributed by atoms with Crippen LogP contribution in [0.5, 0.6) is 0 Å². The van der Waals surface area contributed by atoms with E-state index in [9.17, 15) is 28.8 Å². The number of rotatable bonds is 14. The zero-order valence-electron chi connectivity index (χ0n) is 29.4. The van der Waals surface area contributed by atoms with Crippen molar-refractivity contribution in [3.63, 3.8) is 0 Å². The molecule has 0 radical (unpaired) electrons. The third-order valence-electron chi connectivity index (χ3n) is 9.55. The topological polar surface area (TPSA) is 161 Å². The van der Waals surface area contributed by atoms with Crippen molar-refractivity contribution in [1.29, 1.82) is 0 Å². The normalized spacial score (nSPS) is 15.2. The van der Waals surface area contributed by atoms with Crippen LogP contribution < -0.4 is 11.5 Å². The summed E-state index contributed by atoms with van der Waals surface area (Å²) in [5, 5.41) is 0. The molecule has 4 atom stereocenters. The van der Waals surface area contributed by atoms with Gasteiger partial charge < -0.3 is 21.3 Å². The maximum absolute atomic E-state index is 14.0. The van der Waals surface area contributed by atoms with Crippen molar-refractivity contribution in [2.24, 2.45) is 17.4 Å². The molecule has 4 N–H and O–H groups in total. The van der Waals surface area contributed by atoms with E-state index in [0.717, 1.165) is 0 Å². The van der Waals surface area contributed by atoms with Gasteiger partial charge in [0.2, 0.25) is 11.8 Å². The van der Waals surface area contributed by atoms with Gasteiger partial charge in [0.05, 0.1) is 18.0 Å². The molecule has 10 heteroatoms. The molecule has 52 heavy (non-hydrogen) atoms. The van der Waals surface area contributed by atoms with Crippen LogP contribution in [-0.2, 0) is 9.59 Å². The number of carbonyl (C=O) groups is 6. The van der Waals surface area contributed by atoms with Crippen LogP contribution >= 0.6 is 0 Å². The van der Waals surface area contributed by atoms with E-state index in [4.69, 9.17) is 11.5 Å². The van der Waals surface area contributed by atoms with Gasteiger partial charge >= 0.3 is 0 Å². The van der Waals surface area contributed by atoms with Crippen molar-refractivity contribution in [3.05, 3.63) is 143 Å². The molecule has 1 heterocycles. The Hall–Kier alpha value is -5.58. The monoisotopic (exact) mass is 700 g/mol. The standard InChI is InChI=1S/C42H44N4O6/c1-27(25-36(48)34-15-9-14-33(26-34)28(2)47)24-35(43)41(51)45-20-22-46(23-21-45)42(52)38(44)37(29-10-5-3-6-11-29)40(50)32-18-16-31(17-19-32)39(49)30-12-7-4-8-13-30/h3-19,26-27,35,37-38H,20-25,43-44H2,1-2H3/t27?,35-,37?,38?/m0/s1. The molecule has 1 aliphatic rings. The Morgan fingerprint density at radius 3 is 1.71 bits per heavy atom. The molecule has 0 spiro atoms. The van der Waals surface area contributed by atoms with Gasteiger partial charge in [-0.3, -0.25) is 28.8 Å². The van der Waals surface area contributed by atoms with E-state index in [1.165, 1.54) is 6.92 Å². The van der Waals surface area contributed by atoms with Gasteiger partial charge in [-0.2, -0.15) is 0 Å². The second kappa shape index (κ2) is 17.1. The summed E-state index contributed by atoms with van der Waals surface area (Å²) in [6.07, 6.45) is 0.475. The minimum Gasteiger partial charge on any atom is -0.338 e. The number of nitrogens with zero attached hydrogens (tertiary/aromatic N) is 2. The smallest absolute Gasteiger partial charge is 0.240 e. The summed E-state index contributed by atoms with van der Waals surface area (Å²) in [5.74, 6) is -2.58. The number of hydrogen-bond donors (Lipinski definition) is 2. The molecule has 3 unspecified atom stereocenters. The largest absolute Gasteiger partial charge is 0.338 e. The molecule has 5 rings (SSSR count). The van der Waals surface area contributed by atoms with Gasteiger partial charge in [-0.1, -0.05) is 110 Å². The first-order valence-electron chi connectivity index (χ1n) is 17.5. The lowest BCUT2D eigenvalue weighted by Gasteiger charge is -2.38. The summed E-state index contributed by atoms with van der Waals surface area (Å²) >= 11 is 0. The van der Waals surface area contributed by atoms with Crippen LogP contribution in [0.25, 0.3) is 0 Å². The lowest BCUT2D eigenvalue weighted by molar-refractivity contribution is -0.141. The Kier molecular flexibility index (Phi) is 12.4. The molecule has 4 aromatic rings. The number of ketones is 4. The Morgan fingerprint density at radius 1 is 0.615 bits per heavy atom. The number of carbonyl (C=O) groups excluding carboxylic acids is 6. The maximum atomic E-state index is 14.0. The van der Waals surface area contributed by atoms with Crippen molar-refractivity contribution in [2.75, 3.05) is 26.2 Å². The third kappa shape index (κ3) is 9.01. The second-order valence-corrected chi connectivity index (χ2v) is 13.4. The van der Waals surface area contributed by atoms with E-state index >= 15 is 0 Å². The van der Waals surface area contributed by atoms with Crippen LogP contribution in [0.2, 0.25) is 0 Å². The van der Waals surface area contributed by atoms with E-state index in [1.807, 2.05) is 19.1 Å². The van der Waals surface area contributed by atoms with Crippen molar-refractivity contribution < 1.29 is 28.8 Å². The summed E-state index contributed by atoms with van der Waals surface area (Å²) in [6.45, 7) is 4.24. The fraction of sp³-hybridized carbons (Fsp3) is 0.286. The number of benzene rings is 4. The van der Waals surface area contributed by atoms with Gasteiger partial charge in [-0.25, -0.2) is 0 Å². The summed E-state index contributed by atoms with van der Waals surface area (Å²) in [6, 6.07) is 28.7. The Bertz CT molecular complexity index is 1920. The van der Waals surface area contributed by atoms with Crippen molar-refractivity contribution in [3.8, 4) is 0 Å². The van der Waals surface area contributed by atoms with Gasteiger partial charge in [-0.05, 0) is 30.9 Å². The van der Waals surface area contributed by atoms with Gasteiger partial charge in [0.15, 0.2) is 23.1 Å². The van der Waals surface area contributed by atoms with Crippen LogP contribution in [0.4, 0.5) is 0 Å². The molecule has 10 nitrogen and oxygen atoms in total. The molecule has 0 saturated carbocycles. The van der Waals surface area contributed by atoms with E-state index < -0.39 is 23.9 Å². The molecule has 1 aliphatic heterocycles. The molecule has 4 aromatic carbocycles. The number of amides is 2.